The van der Waals surface area contributed by atoms with Crippen molar-refractivity contribution in [3.63, 3.8) is 0 Å². The summed E-state index contributed by atoms with van der Waals surface area (Å²) in [5.41, 5.74) is 0.128. The van der Waals surface area contributed by atoms with Gasteiger partial charge in [0.15, 0.2) is 5.78 Å². The van der Waals surface area contributed by atoms with Crippen molar-refractivity contribution in [3.8, 4) is 0 Å². The quantitative estimate of drug-likeness (QED) is 0.234. The third kappa shape index (κ3) is 6.71. The van der Waals surface area contributed by atoms with Gasteiger partial charge in [-0.25, -0.2) is 4.39 Å². The minimum atomic E-state index is -1.28. The maximum Gasteiger partial charge on any atom is 0.256 e. The molecule has 14 heteroatoms. The molecule has 13 unspecified atom stereocenters. The highest BCUT2D eigenvalue weighted by Gasteiger charge is 2.60. The zero-order valence-corrected chi connectivity index (χ0v) is 28.7. The minimum Gasteiger partial charge on any atom is -0.379 e. The molecule has 49 heavy (non-hydrogen) atoms. The van der Waals surface area contributed by atoms with Crippen LogP contribution in [-0.2, 0) is 23.8 Å². The Hall–Kier alpha value is -2.07. The molecule has 13 nitrogen and oxygen atoms in total. The van der Waals surface area contributed by atoms with Crippen molar-refractivity contribution in [3.05, 3.63) is 16.7 Å². The Labute approximate surface area is 288 Å². The first-order chi connectivity index (χ1) is 23.9. The van der Waals surface area contributed by atoms with Gasteiger partial charge >= 0.3 is 0 Å². The Bertz CT molecular complexity index is 1270. The second-order valence-corrected chi connectivity index (χ2v) is 15.8. The molecule has 3 N–H and O–H groups in total. The third-order valence-electron chi connectivity index (χ3n) is 13.0. The van der Waals surface area contributed by atoms with E-state index in [1.54, 1.807) is 6.20 Å². The van der Waals surface area contributed by atoms with Gasteiger partial charge in [0, 0.05) is 69.4 Å². The molecule has 0 radical (unpaired) electrons. The highest BCUT2D eigenvalue weighted by molar-refractivity contribution is 6.20. The second kappa shape index (κ2) is 14.5. The van der Waals surface area contributed by atoms with Gasteiger partial charge in [0.1, 0.15) is 6.17 Å². The maximum atomic E-state index is 16.3. The number of hydrogen-bond donors (Lipinski definition) is 3. The van der Waals surface area contributed by atoms with Gasteiger partial charge in [-0.1, -0.05) is 5.18 Å². The van der Waals surface area contributed by atoms with Crippen molar-refractivity contribution in [2.75, 3.05) is 59.5 Å². The molecule has 0 bridgehead atoms. The van der Waals surface area contributed by atoms with E-state index in [9.17, 15) is 14.5 Å². The molecule has 0 aromatic carbocycles. The Morgan fingerprint density at radius 2 is 1.86 bits per heavy atom. The molecule has 8 rings (SSSR count). The number of morpholine rings is 3. The molecule has 0 aromatic heterocycles. The normalized spacial score (nSPS) is 43.9. The molecule has 3 saturated carbocycles. The number of hydrogen-bond acceptors (Lipinski definition) is 12. The molecule has 272 valence electrons. The lowest BCUT2D eigenvalue weighted by Gasteiger charge is -2.61. The molecule has 5 heterocycles. The number of carbonyl (C=O) groups is 2. The average Bonchev–Trinajstić information content (AvgIpc) is 3.52. The first-order valence-electron chi connectivity index (χ1n) is 19.0. The fourth-order valence-corrected chi connectivity index (χ4v) is 10.4. The van der Waals surface area contributed by atoms with E-state index in [2.05, 4.69) is 42.9 Å². The van der Waals surface area contributed by atoms with Crippen LogP contribution in [0.2, 0.25) is 0 Å². The number of halogens is 1. The van der Waals surface area contributed by atoms with E-state index >= 15 is 4.39 Å². The van der Waals surface area contributed by atoms with Crippen molar-refractivity contribution >= 4 is 11.7 Å². The van der Waals surface area contributed by atoms with E-state index in [4.69, 9.17) is 14.2 Å². The Morgan fingerprint density at radius 3 is 2.65 bits per heavy atom. The molecule has 4 saturated heterocycles. The molecule has 3 aliphatic carbocycles. The summed E-state index contributed by atoms with van der Waals surface area (Å²) < 4.78 is 35.4. The lowest BCUT2D eigenvalue weighted by atomic mass is 9.69. The van der Waals surface area contributed by atoms with E-state index in [0.29, 0.717) is 51.6 Å². The van der Waals surface area contributed by atoms with Crippen LogP contribution >= 0.6 is 0 Å². The van der Waals surface area contributed by atoms with Gasteiger partial charge in [-0.05, 0) is 65.0 Å². The van der Waals surface area contributed by atoms with Gasteiger partial charge in [0.2, 0.25) is 0 Å². The van der Waals surface area contributed by atoms with Gasteiger partial charge in [0.25, 0.3) is 5.91 Å². The summed E-state index contributed by atoms with van der Waals surface area (Å²) in [6.07, 6.45) is 6.30. The van der Waals surface area contributed by atoms with Crippen LogP contribution in [0.15, 0.2) is 16.9 Å². The highest BCUT2D eigenvalue weighted by atomic mass is 19.1. The van der Waals surface area contributed by atoms with Crippen LogP contribution in [0.25, 0.3) is 0 Å². The van der Waals surface area contributed by atoms with Gasteiger partial charge in [-0.15, -0.1) is 0 Å². The lowest BCUT2D eigenvalue weighted by Crippen LogP contribution is -2.75. The van der Waals surface area contributed by atoms with Crippen LogP contribution in [0.5, 0.6) is 0 Å². The number of carbonyl (C=O) groups excluding carboxylic acids is 2. The maximum absolute atomic E-state index is 16.3. The molecule has 5 aliphatic heterocycles. The number of rotatable bonds is 9. The van der Waals surface area contributed by atoms with Crippen molar-refractivity contribution in [1.82, 2.24) is 30.7 Å². The van der Waals surface area contributed by atoms with Crippen molar-refractivity contribution in [2.45, 2.75) is 131 Å². The molecular formula is C35H54FN7O6. The number of nitrogens with one attached hydrogen (secondary N) is 3. The Balaban J connectivity index is 1.03. The smallest absolute Gasteiger partial charge is 0.256 e. The summed E-state index contributed by atoms with van der Waals surface area (Å²) in [7, 11) is 2.12. The standard InChI is InChI=1S/C35H54FN7O6/c1-41-9-2-3-21(41)6-7-38-35(45)23-19-43-27-18-29-26(39-25-5-4-20(40-46)15-28(25)48-29)17-30(27)49-34-31(24(36)16-22(32(34)43)33(23)44)37-8-10-42-11-13-47-14-12-42/h19-22,24-32,34,37,39H,2-18H2,1H3,(H,38,45). The Morgan fingerprint density at radius 1 is 1.02 bits per heavy atom. The number of fused-ring (bicyclic) bond motifs is 4. The second-order valence-electron chi connectivity index (χ2n) is 15.8. The van der Waals surface area contributed by atoms with Crippen LogP contribution < -0.4 is 16.0 Å². The van der Waals surface area contributed by atoms with Crippen LogP contribution in [0.1, 0.15) is 57.8 Å². The van der Waals surface area contributed by atoms with Crippen LogP contribution in [0.3, 0.4) is 0 Å². The zero-order valence-electron chi connectivity index (χ0n) is 28.7. The predicted molar refractivity (Wildman–Crippen MR) is 179 cm³/mol. The average molecular weight is 688 g/mol. The summed E-state index contributed by atoms with van der Waals surface area (Å²) in [4.78, 5) is 46.0. The summed E-state index contributed by atoms with van der Waals surface area (Å²) in [5, 5.41) is 13.7. The number of nitroso groups, excluding NO2 is 1. The predicted octanol–water partition coefficient (Wildman–Crippen LogP) is 0.715. The molecule has 7 fully saturated rings. The van der Waals surface area contributed by atoms with Crippen LogP contribution in [-0.4, -0.2) is 159 Å². The summed E-state index contributed by atoms with van der Waals surface area (Å²) >= 11 is 0. The number of ether oxygens (including phenoxy) is 3. The Kier molecular flexibility index (Phi) is 10.1. The number of amides is 1. The number of Topliss-reactive ketones (excluding diaryl/α,β-unsaturated/α-hetero) is 1. The first-order valence-corrected chi connectivity index (χ1v) is 19.0. The first kappa shape index (κ1) is 34.0. The fourth-order valence-electron chi connectivity index (χ4n) is 10.4. The van der Waals surface area contributed by atoms with Crippen LogP contribution in [0.4, 0.5) is 4.39 Å². The number of alkyl halides is 1. The van der Waals surface area contributed by atoms with E-state index in [-0.39, 0.29) is 72.2 Å². The van der Waals surface area contributed by atoms with E-state index in [0.717, 1.165) is 58.3 Å². The molecule has 8 aliphatic rings. The van der Waals surface area contributed by atoms with Crippen LogP contribution in [0, 0.1) is 10.8 Å². The van der Waals surface area contributed by atoms with Crippen molar-refractivity contribution in [2.24, 2.45) is 11.1 Å². The molecular weight excluding hydrogens is 633 g/mol. The largest absolute Gasteiger partial charge is 0.379 e. The van der Waals surface area contributed by atoms with Gasteiger partial charge in [0.05, 0.1) is 67.4 Å². The van der Waals surface area contributed by atoms with E-state index in [1.165, 1.54) is 0 Å². The monoisotopic (exact) mass is 687 g/mol. The molecule has 1 amide bonds. The summed E-state index contributed by atoms with van der Waals surface area (Å²) in [6, 6.07) is -0.604. The summed E-state index contributed by atoms with van der Waals surface area (Å²) in [5.74, 6) is -1.32. The van der Waals surface area contributed by atoms with E-state index in [1.807, 2.05) is 0 Å². The van der Waals surface area contributed by atoms with Gasteiger partial charge in [-0.3, -0.25) is 14.5 Å². The third-order valence-corrected chi connectivity index (χ3v) is 13.0. The van der Waals surface area contributed by atoms with Crippen molar-refractivity contribution < 1.29 is 28.2 Å². The SMILES string of the molecule is CN1CCCC1CCNC(=O)C1=CN2C3CC4OC5CC(N=O)CCC5NC4CC3OC3C(NCCN4CCOCC4)C(F)CC(C1=O)C32. The van der Waals surface area contributed by atoms with Crippen molar-refractivity contribution in [1.29, 1.82) is 0 Å². The lowest BCUT2D eigenvalue weighted by molar-refractivity contribution is -0.222. The van der Waals surface area contributed by atoms with Gasteiger partial charge in [-0.2, -0.15) is 4.91 Å². The van der Waals surface area contributed by atoms with Gasteiger partial charge < -0.3 is 40.0 Å². The number of ketones is 1. The molecule has 13 atom stereocenters. The summed E-state index contributed by atoms with van der Waals surface area (Å²) in [6.45, 7) is 6.11. The fraction of sp³-hybridized carbons (Fsp3) is 0.886. The number of likely N-dealkylation sites (tertiary alicyclic amines) is 1. The van der Waals surface area contributed by atoms with E-state index < -0.39 is 24.2 Å². The molecule has 0 aromatic rings. The topological polar surface area (TPSA) is 137 Å². The molecule has 0 spiro atoms. The zero-order chi connectivity index (χ0) is 33.6. The highest BCUT2D eigenvalue weighted by Crippen LogP contribution is 2.47. The minimum absolute atomic E-state index is 0.0535. The number of nitrogens with zero attached hydrogens (tertiary/aromatic N) is 4.